The Kier molecular flexibility index (Phi) is 5.32. The number of benzene rings is 1. The number of carbonyl (C=O) groups is 1. The van der Waals surface area contributed by atoms with Crippen molar-refractivity contribution in [3.63, 3.8) is 0 Å². The molecule has 1 N–H and O–H groups in total. The average molecular weight is 372 g/mol. The molecule has 2 atom stereocenters. The molecule has 0 spiro atoms. The molecule has 1 saturated heterocycles. The maximum Gasteiger partial charge on any atom is 0.420 e. The molecule has 5 nitrogen and oxygen atoms in total. The van der Waals surface area contributed by atoms with Crippen molar-refractivity contribution in [1.82, 2.24) is 4.90 Å². The SMILES string of the molecule is CCOc1ccc(NC(=O)N2CC3CCC(C2)C3OC)cc1C(F)(F)F. The quantitative estimate of drug-likeness (QED) is 0.869. The Balaban J connectivity index is 1.72. The van der Waals surface area contributed by atoms with E-state index in [1.165, 1.54) is 12.1 Å². The van der Waals surface area contributed by atoms with Crippen LogP contribution in [-0.4, -0.2) is 43.8 Å². The third kappa shape index (κ3) is 3.75. The van der Waals surface area contributed by atoms with Gasteiger partial charge in [0.15, 0.2) is 0 Å². The third-order valence-corrected chi connectivity index (χ3v) is 5.14. The van der Waals surface area contributed by atoms with E-state index in [-0.39, 0.29) is 42.0 Å². The molecule has 1 heterocycles. The van der Waals surface area contributed by atoms with Crippen molar-refractivity contribution in [2.75, 3.05) is 32.1 Å². The molecule has 2 unspecified atom stereocenters. The number of piperidine rings is 1. The number of amides is 2. The van der Waals surface area contributed by atoms with E-state index in [2.05, 4.69) is 5.32 Å². The number of hydrogen-bond acceptors (Lipinski definition) is 3. The summed E-state index contributed by atoms with van der Waals surface area (Å²) < 4.78 is 50.2. The average Bonchev–Trinajstić information content (AvgIpc) is 2.83. The van der Waals surface area contributed by atoms with Crippen LogP contribution in [0.15, 0.2) is 18.2 Å². The van der Waals surface area contributed by atoms with Crippen molar-refractivity contribution in [2.45, 2.75) is 32.0 Å². The lowest BCUT2D eigenvalue weighted by Gasteiger charge is -2.37. The van der Waals surface area contributed by atoms with E-state index in [1.54, 1.807) is 18.9 Å². The van der Waals surface area contributed by atoms with Gasteiger partial charge in [-0.1, -0.05) is 0 Å². The molecule has 0 aromatic heterocycles. The van der Waals surface area contributed by atoms with Gasteiger partial charge in [-0.3, -0.25) is 0 Å². The highest BCUT2D eigenvalue weighted by atomic mass is 19.4. The number of urea groups is 1. The number of hydrogen-bond donors (Lipinski definition) is 1. The lowest BCUT2D eigenvalue weighted by molar-refractivity contribution is -0.138. The fraction of sp³-hybridized carbons (Fsp3) is 0.611. The summed E-state index contributed by atoms with van der Waals surface area (Å²) >= 11 is 0. The van der Waals surface area contributed by atoms with E-state index in [4.69, 9.17) is 9.47 Å². The van der Waals surface area contributed by atoms with Gasteiger partial charge in [0.05, 0.1) is 18.3 Å². The Morgan fingerprint density at radius 2 is 1.92 bits per heavy atom. The summed E-state index contributed by atoms with van der Waals surface area (Å²) in [7, 11) is 1.68. The Hall–Kier alpha value is -1.96. The first kappa shape index (κ1) is 18.8. The zero-order chi connectivity index (χ0) is 18.9. The van der Waals surface area contributed by atoms with Gasteiger partial charge < -0.3 is 19.7 Å². The summed E-state index contributed by atoms with van der Waals surface area (Å²) in [5.74, 6) is 0.336. The Bertz CT molecular complexity index is 652. The molecule has 2 aliphatic rings. The fourth-order valence-corrected chi connectivity index (χ4v) is 4.04. The van der Waals surface area contributed by atoms with E-state index in [0.29, 0.717) is 13.1 Å². The number of carbonyl (C=O) groups excluding carboxylic acids is 1. The molecule has 1 aliphatic heterocycles. The second kappa shape index (κ2) is 7.34. The van der Waals surface area contributed by atoms with Crippen LogP contribution in [0.25, 0.3) is 0 Å². The van der Waals surface area contributed by atoms with Crippen LogP contribution in [0.2, 0.25) is 0 Å². The van der Waals surface area contributed by atoms with E-state index in [9.17, 15) is 18.0 Å². The second-order valence-electron chi connectivity index (χ2n) is 6.77. The number of anilines is 1. The number of halogens is 3. The molecular formula is C18H23F3N2O3. The maximum atomic E-state index is 13.2. The Morgan fingerprint density at radius 3 is 2.46 bits per heavy atom. The standard InChI is InChI=1S/C18H23F3N2O3/c1-3-26-15-7-6-13(8-14(15)18(19,20)21)22-17(24)23-9-11-4-5-12(10-23)16(11)25-2/h6-8,11-12,16H,3-5,9-10H2,1-2H3,(H,22,24). The maximum absolute atomic E-state index is 13.2. The highest BCUT2D eigenvalue weighted by Crippen LogP contribution is 2.40. The summed E-state index contributed by atoms with van der Waals surface area (Å²) in [6, 6.07) is 3.20. The molecule has 1 aliphatic carbocycles. The molecule has 1 aromatic rings. The summed E-state index contributed by atoms with van der Waals surface area (Å²) in [5, 5.41) is 2.59. The van der Waals surface area contributed by atoms with Crippen molar-refractivity contribution in [2.24, 2.45) is 11.8 Å². The number of fused-ring (bicyclic) bond motifs is 2. The molecule has 8 heteroatoms. The summed E-state index contributed by atoms with van der Waals surface area (Å²) in [6.07, 6.45) is -2.37. The van der Waals surface area contributed by atoms with Crippen LogP contribution in [0.4, 0.5) is 23.7 Å². The molecule has 2 bridgehead atoms. The first-order valence-electron chi connectivity index (χ1n) is 8.76. The lowest BCUT2D eigenvalue weighted by atomic mass is 9.95. The van der Waals surface area contributed by atoms with Crippen molar-refractivity contribution in [3.8, 4) is 5.75 Å². The van der Waals surface area contributed by atoms with Gasteiger partial charge in [-0.05, 0) is 38.0 Å². The Labute approximate surface area is 150 Å². The van der Waals surface area contributed by atoms with Gasteiger partial charge in [0.1, 0.15) is 5.75 Å². The Morgan fingerprint density at radius 1 is 1.27 bits per heavy atom. The zero-order valence-electron chi connectivity index (χ0n) is 14.8. The number of nitrogens with zero attached hydrogens (tertiary/aromatic N) is 1. The van der Waals surface area contributed by atoms with E-state index < -0.39 is 11.7 Å². The van der Waals surface area contributed by atoms with Crippen LogP contribution in [0.3, 0.4) is 0 Å². The van der Waals surface area contributed by atoms with Crippen molar-refractivity contribution >= 4 is 11.7 Å². The van der Waals surface area contributed by atoms with Gasteiger partial charge in [-0.15, -0.1) is 0 Å². The second-order valence-corrected chi connectivity index (χ2v) is 6.77. The van der Waals surface area contributed by atoms with Gasteiger partial charge >= 0.3 is 12.2 Å². The first-order valence-corrected chi connectivity index (χ1v) is 8.76. The largest absolute Gasteiger partial charge is 0.493 e. The molecule has 144 valence electrons. The fourth-order valence-electron chi connectivity index (χ4n) is 4.04. The molecule has 2 amide bonds. The summed E-state index contributed by atoms with van der Waals surface area (Å²) in [4.78, 5) is 14.2. The van der Waals surface area contributed by atoms with Gasteiger partial charge in [-0.2, -0.15) is 13.2 Å². The van der Waals surface area contributed by atoms with Crippen molar-refractivity contribution in [1.29, 1.82) is 0 Å². The topological polar surface area (TPSA) is 50.8 Å². The lowest BCUT2D eigenvalue weighted by Crippen LogP contribution is -2.49. The first-order chi connectivity index (χ1) is 12.3. The number of ether oxygens (including phenoxy) is 2. The number of methoxy groups -OCH3 is 1. The normalized spacial score (nSPS) is 25.3. The van der Waals surface area contributed by atoms with Crippen LogP contribution in [0, 0.1) is 11.8 Å². The molecular weight excluding hydrogens is 349 g/mol. The predicted octanol–water partition coefficient (Wildman–Crippen LogP) is 3.99. The monoisotopic (exact) mass is 372 g/mol. The zero-order valence-corrected chi connectivity index (χ0v) is 14.8. The highest BCUT2D eigenvalue weighted by molar-refractivity contribution is 5.89. The minimum Gasteiger partial charge on any atom is -0.493 e. The van der Waals surface area contributed by atoms with Gasteiger partial charge in [-0.25, -0.2) is 4.79 Å². The van der Waals surface area contributed by atoms with E-state index in [0.717, 1.165) is 18.9 Å². The number of likely N-dealkylation sites (tertiary alicyclic amines) is 1. The van der Waals surface area contributed by atoms with Crippen LogP contribution in [-0.2, 0) is 10.9 Å². The van der Waals surface area contributed by atoms with Gasteiger partial charge in [0.2, 0.25) is 0 Å². The molecule has 26 heavy (non-hydrogen) atoms. The summed E-state index contributed by atoms with van der Waals surface area (Å²) in [5.41, 5.74) is -0.790. The molecule has 2 fully saturated rings. The van der Waals surface area contributed by atoms with Gasteiger partial charge in [0.25, 0.3) is 0 Å². The third-order valence-electron chi connectivity index (χ3n) is 5.14. The minimum absolute atomic E-state index is 0.104. The molecule has 0 radical (unpaired) electrons. The van der Waals surface area contributed by atoms with Crippen LogP contribution < -0.4 is 10.1 Å². The minimum atomic E-state index is -4.55. The van der Waals surface area contributed by atoms with Crippen LogP contribution in [0.1, 0.15) is 25.3 Å². The van der Waals surface area contributed by atoms with Crippen LogP contribution >= 0.6 is 0 Å². The molecule has 1 aromatic carbocycles. The molecule has 1 saturated carbocycles. The number of alkyl halides is 3. The smallest absolute Gasteiger partial charge is 0.420 e. The predicted molar refractivity (Wildman–Crippen MR) is 90.2 cm³/mol. The number of rotatable bonds is 4. The van der Waals surface area contributed by atoms with Crippen LogP contribution in [0.5, 0.6) is 5.75 Å². The van der Waals surface area contributed by atoms with E-state index >= 15 is 0 Å². The van der Waals surface area contributed by atoms with E-state index in [1.807, 2.05) is 0 Å². The number of nitrogens with one attached hydrogen (secondary N) is 1. The summed E-state index contributed by atoms with van der Waals surface area (Å²) in [6.45, 7) is 2.87. The molecule has 3 rings (SSSR count). The van der Waals surface area contributed by atoms with Crippen molar-refractivity contribution in [3.05, 3.63) is 23.8 Å². The highest BCUT2D eigenvalue weighted by Gasteiger charge is 2.43. The van der Waals surface area contributed by atoms with Gasteiger partial charge in [0, 0.05) is 37.7 Å². The van der Waals surface area contributed by atoms with Crippen molar-refractivity contribution < 1.29 is 27.4 Å².